The molecule has 1 N–H and O–H groups in total. The average Bonchev–Trinajstić information content (AvgIpc) is 3.15. The van der Waals surface area contributed by atoms with Crippen LogP contribution in [0.5, 0.6) is 0 Å². The predicted molar refractivity (Wildman–Crippen MR) is 101 cm³/mol. The first-order valence-corrected chi connectivity index (χ1v) is 9.32. The molecule has 4 nitrogen and oxygen atoms in total. The molecular weight excluding hydrogens is 316 g/mol. The van der Waals surface area contributed by atoms with Crippen molar-refractivity contribution < 1.29 is 0 Å². The van der Waals surface area contributed by atoms with Gasteiger partial charge in [0.25, 0.3) is 0 Å². The summed E-state index contributed by atoms with van der Waals surface area (Å²) in [5, 5.41) is 6.15. The van der Waals surface area contributed by atoms with Gasteiger partial charge in [0, 0.05) is 17.8 Å². The quantitative estimate of drug-likeness (QED) is 0.554. The molecule has 0 bridgehead atoms. The van der Waals surface area contributed by atoms with Gasteiger partial charge in [0.15, 0.2) is 0 Å². The van der Waals surface area contributed by atoms with Crippen molar-refractivity contribution in [3.8, 4) is 10.7 Å². The topological polar surface area (TPSA) is 50.7 Å². The molecule has 0 atom stereocenters. The second-order valence-electron chi connectivity index (χ2n) is 5.73. The van der Waals surface area contributed by atoms with Crippen molar-refractivity contribution in [1.29, 1.82) is 0 Å². The average molecular weight is 338 g/mol. The van der Waals surface area contributed by atoms with E-state index in [2.05, 4.69) is 33.3 Å². The highest BCUT2D eigenvalue weighted by Gasteiger charge is 2.04. The number of unbranched alkanes of at least 4 members (excludes halogenated alkanes) is 3. The summed E-state index contributed by atoms with van der Waals surface area (Å²) in [7, 11) is 0. The highest BCUT2D eigenvalue weighted by Crippen LogP contribution is 2.22. The minimum Gasteiger partial charge on any atom is -0.325 e. The Hall–Kier alpha value is -2.27. The summed E-state index contributed by atoms with van der Waals surface area (Å²) >= 11 is 1.59. The standard InChI is InChI=1S/C19H22N4S/c1-2-3-4-5-7-15-10-11-17(21-14-15)23-18-9-6-8-16(22-18)19-20-12-13-24-19/h6,8-14H,2-5,7H2,1H3,(H,21,22,23). The Morgan fingerprint density at radius 3 is 2.71 bits per heavy atom. The molecule has 0 radical (unpaired) electrons. The number of nitrogens with one attached hydrogen (secondary N) is 1. The maximum Gasteiger partial charge on any atom is 0.141 e. The van der Waals surface area contributed by atoms with E-state index in [0.29, 0.717) is 0 Å². The van der Waals surface area contributed by atoms with Crippen LogP contribution in [0.1, 0.15) is 38.2 Å². The monoisotopic (exact) mass is 338 g/mol. The Morgan fingerprint density at radius 2 is 1.96 bits per heavy atom. The lowest BCUT2D eigenvalue weighted by atomic mass is 10.1. The summed E-state index contributed by atoms with van der Waals surface area (Å²) in [5.41, 5.74) is 2.17. The van der Waals surface area contributed by atoms with Crippen molar-refractivity contribution in [3.05, 3.63) is 53.7 Å². The van der Waals surface area contributed by atoms with Gasteiger partial charge >= 0.3 is 0 Å². The molecule has 3 rings (SSSR count). The fourth-order valence-electron chi connectivity index (χ4n) is 2.51. The fourth-order valence-corrected chi connectivity index (χ4v) is 3.11. The summed E-state index contributed by atoms with van der Waals surface area (Å²) in [6, 6.07) is 10.1. The van der Waals surface area contributed by atoms with E-state index in [1.54, 1.807) is 17.5 Å². The van der Waals surface area contributed by atoms with Gasteiger partial charge in [-0.2, -0.15) is 0 Å². The number of thiazole rings is 1. The summed E-state index contributed by atoms with van der Waals surface area (Å²) in [4.78, 5) is 13.4. The van der Waals surface area contributed by atoms with Gasteiger partial charge in [0.1, 0.15) is 22.3 Å². The first-order valence-electron chi connectivity index (χ1n) is 8.44. The van der Waals surface area contributed by atoms with E-state index < -0.39 is 0 Å². The number of hydrogen-bond acceptors (Lipinski definition) is 5. The van der Waals surface area contributed by atoms with Gasteiger partial charge in [0.2, 0.25) is 0 Å². The largest absolute Gasteiger partial charge is 0.325 e. The van der Waals surface area contributed by atoms with Crippen LogP contribution in [0.3, 0.4) is 0 Å². The van der Waals surface area contributed by atoms with Crippen molar-refractivity contribution in [1.82, 2.24) is 15.0 Å². The minimum absolute atomic E-state index is 0.783. The second-order valence-corrected chi connectivity index (χ2v) is 6.63. The van der Waals surface area contributed by atoms with Gasteiger partial charge < -0.3 is 5.32 Å². The van der Waals surface area contributed by atoms with Crippen LogP contribution in [0.4, 0.5) is 11.6 Å². The third-order valence-electron chi connectivity index (χ3n) is 3.80. The normalized spacial score (nSPS) is 10.7. The van der Waals surface area contributed by atoms with Crippen molar-refractivity contribution in [2.45, 2.75) is 39.0 Å². The van der Waals surface area contributed by atoms with Crippen LogP contribution in [0.2, 0.25) is 0 Å². The predicted octanol–water partition coefficient (Wildman–Crippen LogP) is 5.47. The van der Waals surface area contributed by atoms with Crippen LogP contribution in [-0.4, -0.2) is 15.0 Å². The third kappa shape index (κ3) is 4.61. The smallest absolute Gasteiger partial charge is 0.141 e. The Kier molecular flexibility index (Phi) is 5.90. The zero-order valence-electron chi connectivity index (χ0n) is 13.9. The van der Waals surface area contributed by atoms with E-state index in [-0.39, 0.29) is 0 Å². The summed E-state index contributed by atoms with van der Waals surface area (Å²) in [5.74, 6) is 1.60. The molecule has 0 saturated heterocycles. The van der Waals surface area contributed by atoms with Crippen molar-refractivity contribution in [2.75, 3.05) is 5.32 Å². The van der Waals surface area contributed by atoms with Crippen molar-refractivity contribution in [2.24, 2.45) is 0 Å². The summed E-state index contributed by atoms with van der Waals surface area (Å²) < 4.78 is 0. The molecule has 3 aromatic rings. The van der Waals surface area contributed by atoms with Crippen LogP contribution in [0, 0.1) is 0 Å². The van der Waals surface area contributed by atoms with Gasteiger partial charge in [-0.1, -0.05) is 38.3 Å². The molecule has 0 aliphatic carbocycles. The molecular formula is C19H22N4S. The van der Waals surface area contributed by atoms with E-state index >= 15 is 0 Å². The lowest BCUT2D eigenvalue weighted by molar-refractivity contribution is 0.666. The van der Waals surface area contributed by atoms with Gasteiger partial charge in [-0.3, -0.25) is 0 Å². The molecule has 0 fully saturated rings. The first-order chi connectivity index (χ1) is 11.8. The summed E-state index contributed by atoms with van der Waals surface area (Å²) in [6.45, 7) is 2.24. The molecule has 124 valence electrons. The Bertz CT molecular complexity index is 738. The maximum absolute atomic E-state index is 4.60. The first kappa shape index (κ1) is 16.6. The van der Waals surface area contributed by atoms with E-state index in [0.717, 1.165) is 28.8 Å². The van der Waals surface area contributed by atoms with Gasteiger partial charge in [-0.25, -0.2) is 15.0 Å². The SMILES string of the molecule is CCCCCCc1ccc(Nc2cccc(-c3nccs3)n2)nc1. The van der Waals surface area contributed by atoms with Crippen LogP contribution >= 0.6 is 11.3 Å². The number of hydrogen-bond donors (Lipinski definition) is 1. The van der Waals surface area contributed by atoms with E-state index in [1.807, 2.05) is 35.8 Å². The fraction of sp³-hybridized carbons (Fsp3) is 0.316. The number of pyridine rings is 2. The molecule has 0 unspecified atom stereocenters. The van der Waals surface area contributed by atoms with Crippen LogP contribution in [0.25, 0.3) is 10.7 Å². The molecule has 3 heterocycles. The number of nitrogens with zero attached hydrogens (tertiary/aromatic N) is 3. The highest BCUT2D eigenvalue weighted by molar-refractivity contribution is 7.13. The van der Waals surface area contributed by atoms with E-state index in [9.17, 15) is 0 Å². The second kappa shape index (κ2) is 8.55. The Morgan fingerprint density at radius 1 is 1.00 bits per heavy atom. The molecule has 0 aliphatic heterocycles. The number of anilines is 2. The van der Waals surface area contributed by atoms with Gasteiger partial charge in [0.05, 0.1) is 0 Å². The lowest BCUT2D eigenvalue weighted by Crippen LogP contribution is -1.97. The maximum atomic E-state index is 4.60. The molecule has 0 aromatic carbocycles. The molecule has 0 saturated carbocycles. The van der Waals surface area contributed by atoms with Crippen molar-refractivity contribution >= 4 is 23.0 Å². The summed E-state index contributed by atoms with van der Waals surface area (Å²) in [6.07, 6.45) is 9.97. The lowest BCUT2D eigenvalue weighted by Gasteiger charge is -2.07. The zero-order valence-corrected chi connectivity index (χ0v) is 14.7. The number of rotatable bonds is 8. The number of aromatic nitrogens is 3. The molecule has 3 aromatic heterocycles. The van der Waals surface area contributed by atoms with Crippen LogP contribution < -0.4 is 5.32 Å². The number of aryl methyl sites for hydroxylation is 1. The van der Waals surface area contributed by atoms with E-state index in [1.165, 1.54) is 31.2 Å². The van der Waals surface area contributed by atoms with Gasteiger partial charge in [-0.05, 0) is 36.6 Å². The minimum atomic E-state index is 0.783. The van der Waals surface area contributed by atoms with Crippen LogP contribution in [0.15, 0.2) is 48.1 Å². The third-order valence-corrected chi connectivity index (χ3v) is 4.60. The molecule has 0 amide bonds. The Balaban J connectivity index is 1.61. The van der Waals surface area contributed by atoms with Gasteiger partial charge in [-0.15, -0.1) is 11.3 Å². The molecule has 0 spiro atoms. The molecule has 5 heteroatoms. The molecule has 24 heavy (non-hydrogen) atoms. The van der Waals surface area contributed by atoms with Crippen molar-refractivity contribution in [3.63, 3.8) is 0 Å². The Labute approximate surface area is 147 Å². The van der Waals surface area contributed by atoms with Crippen LogP contribution in [-0.2, 0) is 6.42 Å². The zero-order chi connectivity index (χ0) is 16.6. The van der Waals surface area contributed by atoms with E-state index in [4.69, 9.17) is 0 Å². The highest BCUT2D eigenvalue weighted by atomic mass is 32.1. The molecule has 0 aliphatic rings.